The van der Waals surface area contributed by atoms with Gasteiger partial charge in [-0.25, -0.2) is 0 Å². The highest BCUT2D eigenvalue weighted by Gasteiger charge is 2.34. The van der Waals surface area contributed by atoms with Gasteiger partial charge in [0.2, 0.25) is 0 Å². The number of nitrogens with one attached hydrogen (secondary N) is 1. The van der Waals surface area contributed by atoms with Crippen molar-refractivity contribution < 1.29 is 14.3 Å². The highest BCUT2D eigenvalue weighted by atomic mass is 32.1. The molecule has 6 nitrogen and oxygen atoms in total. The van der Waals surface area contributed by atoms with Crippen LogP contribution in [0.4, 0.5) is 5.69 Å². The Balaban J connectivity index is 1.33. The molecule has 2 heterocycles. The smallest absolute Gasteiger partial charge is 0.270 e. The summed E-state index contributed by atoms with van der Waals surface area (Å²) in [7, 11) is 0. The molecular formula is C31H23N3O3S. The first kappa shape index (κ1) is 23.6. The number of anilines is 1. The summed E-state index contributed by atoms with van der Waals surface area (Å²) in [6.07, 6.45) is 1.62. The van der Waals surface area contributed by atoms with Crippen molar-refractivity contribution in [3.63, 3.8) is 0 Å². The van der Waals surface area contributed by atoms with E-state index < -0.39 is 11.8 Å². The predicted octanol–water partition coefficient (Wildman–Crippen LogP) is 6.44. The van der Waals surface area contributed by atoms with Gasteiger partial charge in [0.15, 0.2) is 5.11 Å². The average Bonchev–Trinajstić information content (AvgIpc) is 3.25. The van der Waals surface area contributed by atoms with Crippen LogP contribution < -0.4 is 15.0 Å². The van der Waals surface area contributed by atoms with E-state index in [1.807, 2.05) is 60.7 Å². The molecule has 1 aliphatic heterocycles. The zero-order chi connectivity index (χ0) is 26.2. The van der Waals surface area contributed by atoms with Crippen molar-refractivity contribution in [2.24, 2.45) is 0 Å². The first-order valence-electron chi connectivity index (χ1n) is 12.3. The third-order valence-corrected chi connectivity index (χ3v) is 6.88. The number of aryl methyl sites for hydroxylation is 1. The minimum Gasteiger partial charge on any atom is -0.457 e. The first-order chi connectivity index (χ1) is 18.5. The fourth-order valence-corrected chi connectivity index (χ4v) is 5.13. The molecule has 4 aromatic carbocycles. The Bertz CT molecular complexity index is 1750. The van der Waals surface area contributed by atoms with E-state index in [2.05, 4.69) is 28.9 Å². The van der Waals surface area contributed by atoms with Crippen LogP contribution in [-0.2, 0) is 16.1 Å². The van der Waals surface area contributed by atoms with Crippen molar-refractivity contribution in [3.05, 3.63) is 108 Å². The lowest BCUT2D eigenvalue weighted by Gasteiger charge is -2.29. The standard InChI is InChI=1S/C31H23N3O3S/c1-2-33-27-11-7-6-10-24(27)25-18-20(12-17-28(25)33)19-26-29(35)32-31(38)34(30(26)36)21-13-15-23(16-14-21)37-22-8-4-3-5-9-22/h3-19H,2H2,1H3,(H,32,35,38)/b26-19-. The Morgan fingerprint density at radius 3 is 2.26 bits per heavy atom. The average molecular weight is 518 g/mol. The van der Waals surface area contributed by atoms with E-state index in [1.165, 1.54) is 4.90 Å². The molecule has 7 heteroatoms. The molecule has 1 aliphatic rings. The molecule has 5 aromatic rings. The molecule has 0 saturated carbocycles. The molecular weight excluding hydrogens is 494 g/mol. The van der Waals surface area contributed by atoms with E-state index in [1.54, 1.807) is 30.3 Å². The molecule has 2 amide bonds. The van der Waals surface area contributed by atoms with Gasteiger partial charge in [0.1, 0.15) is 17.1 Å². The maximum Gasteiger partial charge on any atom is 0.270 e. The number of rotatable bonds is 5. The topological polar surface area (TPSA) is 63.6 Å². The highest BCUT2D eigenvalue weighted by Crippen LogP contribution is 2.31. The summed E-state index contributed by atoms with van der Waals surface area (Å²) < 4.78 is 8.10. The Morgan fingerprint density at radius 1 is 0.816 bits per heavy atom. The lowest BCUT2D eigenvalue weighted by molar-refractivity contribution is -0.122. The Hall–Kier alpha value is -4.75. The summed E-state index contributed by atoms with van der Waals surface area (Å²) in [5.74, 6) is 0.332. The van der Waals surface area contributed by atoms with Crippen LogP contribution in [0.2, 0.25) is 0 Å². The molecule has 1 N–H and O–H groups in total. The maximum absolute atomic E-state index is 13.5. The van der Waals surface area contributed by atoms with Crippen LogP contribution >= 0.6 is 12.2 Å². The minimum absolute atomic E-state index is 0.0155. The van der Waals surface area contributed by atoms with Crippen molar-refractivity contribution in [3.8, 4) is 11.5 Å². The lowest BCUT2D eigenvalue weighted by atomic mass is 10.0. The molecule has 0 atom stereocenters. The number of hydrogen-bond acceptors (Lipinski definition) is 4. The fourth-order valence-electron chi connectivity index (χ4n) is 4.85. The maximum atomic E-state index is 13.5. The third kappa shape index (κ3) is 4.13. The molecule has 0 aliphatic carbocycles. The number of para-hydroxylation sites is 2. The van der Waals surface area contributed by atoms with Crippen molar-refractivity contribution in [1.29, 1.82) is 0 Å². The zero-order valence-corrected chi connectivity index (χ0v) is 21.4. The van der Waals surface area contributed by atoms with Crippen LogP contribution in [0.1, 0.15) is 12.5 Å². The van der Waals surface area contributed by atoms with E-state index in [9.17, 15) is 9.59 Å². The lowest BCUT2D eigenvalue weighted by Crippen LogP contribution is -2.54. The summed E-state index contributed by atoms with van der Waals surface area (Å²) in [5.41, 5.74) is 3.57. The second-order valence-electron chi connectivity index (χ2n) is 8.90. The Morgan fingerprint density at radius 2 is 1.50 bits per heavy atom. The normalized spacial score (nSPS) is 14.9. The second kappa shape index (κ2) is 9.61. The minimum atomic E-state index is -0.517. The summed E-state index contributed by atoms with van der Waals surface area (Å²) in [4.78, 5) is 27.7. The summed E-state index contributed by atoms with van der Waals surface area (Å²) in [6.45, 7) is 2.96. The molecule has 0 bridgehead atoms. The quantitative estimate of drug-likeness (QED) is 0.166. The van der Waals surface area contributed by atoms with Gasteiger partial charge < -0.3 is 9.30 Å². The number of carbonyl (C=O) groups excluding carboxylic acids is 2. The number of nitrogens with zero attached hydrogens (tertiary/aromatic N) is 2. The van der Waals surface area contributed by atoms with E-state index in [0.29, 0.717) is 17.2 Å². The van der Waals surface area contributed by atoms with Gasteiger partial charge in [-0.05, 0) is 85.4 Å². The van der Waals surface area contributed by atoms with Crippen molar-refractivity contribution in [2.75, 3.05) is 4.90 Å². The molecule has 1 saturated heterocycles. The monoisotopic (exact) mass is 517 g/mol. The van der Waals surface area contributed by atoms with Gasteiger partial charge in [-0.1, -0.05) is 42.5 Å². The SMILES string of the molecule is CCn1c2ccccc2c2cc(/C=C3/C(=O)NC(=S)N(c4ccc(Oc5ccccc5)cc4)C3=O)ccc21. The number of fused-ring (bicyclic) bond motifs is 3. The molecule has 0 unspecified atom stereocenters. The van der Waals surface area contributed by atoms with Gasteiger partial charge in [0, 0.05) is 28.4 Å². The van der Waals surface area contributed by atoms with Crippen LogP contribution in [0.15, 0.2) is 103 Å². The van der Waals surface area contributed by atoms with Crippen LogP contribution in [0.5, 0.6) is 11.5 Å². The van der Waals surface area contributed by atoms with Gasteiger partial charge in [-0.15, -0.1) is 0 Å². The van der Waals surface area contributed by atoms with Gasteiger partial charge in [0.05, 0.1) is 5.69 Å². The van der Waals surface area contributed by atoms with Gasteiger partial charge in [-0.2, -0.15) is 0 Å². The molecule has 186 valence electrons. The highest BCUT2D eigenvalue weighted by molar-refractivity contribution is 7.80. The molecule has 1 aromatic heterocycles. The molecule has 0 radical (unpaired) electrons. The number of thiocarbonyl (C=S) groups is 1. The Kier molecular flexibility index (Phi) is 5.98. The number of amides is 2. The van der Waals surface area contributed by atoms with Crippen LogP contribution in [0, 0.1) is 0 Å². The molecule has 1 fully saturated rings. The number of carbonyl (C=O) groups is 2. The molecule has 6 rings (SSSR count). The van der Waals surface area contributed by atoms with Crippen LogP contribution in [-0.4, -0.2) is 21.5 Å². The van der Waals surface area contributed by atoms with E-state index in [4.69, 9.17) is 17.0 Å². The fraction of sp³-hybridized carbons (Fsp3) is 0.0645. The third-order valence-electron chi connectivity index (χ3n) is 6.60. The van der Waals surface area contributed by atoms with Crippen molar-refractivity contribution >= 4 is 62.7 Å². The molecule has 38 heavy (non-hydrogen) atoms. The largest absolute Gasteiger partial charge is 0.457 e. The second-order valence-corrected chi connectivity index (χ2v) is 9.29. The van der Waals surface area contributed by atoms with Crippen molar-refractivity contribution in [1.82, 2.24) is 9.88 Å². The van der Waals surface area contributed by atoms with E-state index in [-0.39, 0.29) is 10.7 Å². The number of ether oxygens (including phenoxy) is 1. The van der Waals surface area contributed by atoms with Crippen LogP contribution in [0.3, 0.4) is 0 Å². The number of benzene rings is 4. The predicted molar refractivity (Wildman–Crippen MR) is 154 cm³/mol. The Labute approximate surface area is 224 Å². The van der Waals surface area contributed by atoms with Gasteiger partial charge in [0.25, 0.3) is 11.8 Å². The van der Waals surface area contributed by atoms with Crippen molar-refractivity contribution in [2.45, 2.75) is 13.5 Å². The van der Waals surface area contributed by atoms with E-state index in [0.717, 1.165) is 33.9 Å². The summed E-state index contributed by atoms with van der Waals surface area (Å²) in [5, 5.41) is 4.89. The summed E-state index contributed by atoms with van der Waals surface area (Å²) in [6, 6.07) is 30.6. The first-order valence-corrected chi connectivity index (χ1v) is 12.7. The number of aromatic nitrogens is 1. The van der Waals surface area contributed by atoms with Gasteiger partial charge >= 0.3 is 0 Å². The van der Waals surface area contributed by atoms with Gasteiger partial charge in [-0.3, -0.25) is 19.8 Å². The summed E-state index contributed by atoms with van der Waals surface area (Å²) >= 11 is 5.36. The van der Waals surface area contributed by atoms with Crippen LogP contribution in [0.25, 0.3) is 27.9 Å². The number of hydrogen-bond donors (Lipinski definition) is 1. The molecule has 0 spiro atoms. The zero-order valence-electron chi connectivity index (χ0n) is 20.5. The van der Waals surface area contributed by atoms with E-state index >= 15 is 0 Å².